The molecular formula is C2H11N2OP. The summed E-state index contributed by atoms with van der Waals surface area (Å²) in [4.78, 5) is 6.92. The molecule has 0 bridgehead atoms. The Morgan fingerprint density at radius 1 is 1.17 bits per heavy atom. The lowest BCUT2D eigenvalue weighted by molar-refractivity contribution is 0.664. The van der Waals surface area contributed by atoms with Gasteiger partial charge in [-0.1, -0.05) is 0 Å². The second-order valence-corrected chi connectivity index (χ2v) is 0.577. The molecular weight excluding hydrogens is 99.0 g/mol. The Morgan fingerprint density at radius 3 is 1.33 bits per heavy atom. The van der Waals surface area contributed by atoms with Gasteiger partial charge >= 0.3 is 0 Å². The Labute approximate surface area is 40.0 Å². The van der Waals surface area contributed by atoms with E-state index in [0.717, 1.165) is 0 Å². The zero-order chi connectivity index (χ0) is 5.41. The van der Waals surface area contributed by atoms with E-state index < -0.39 is 0 Å². The lowest BCUT2D eigenvalue weighted by Crippen LogP contribution is -2.11. The average molecular weight is 110 g/mol. The largest absolute Gasteiger partial charge is 0.380 e. The maximum atomic E-state index is 6.92. The van der Waals surface area contributed by atoms with Crippen molar-refractivity contribution in [3.05, 3.63) is 0 Å². The van der Waals surface area contributed by atoms with Crippen molar-refractivity contribution < 1.29 is 4.89 Å². The third-order valence-electron chi connectivity index (χ3n) is 0.167. The fraction of sp³-hybridized carbons (Fsp3) is 1.00. The predicted octanol–water partition coefficient (Wildman–Crippen LogP) is -1.33. The van der Waals surface area contributed by atoms with Gasteiger partial charge in [0.2, 0.25) is 0 Å². The van der Waals surface area contributed by atoms with E-state index in [4.69, 9.17) is 16.4 Å². The first-order valence-corrected chi connectivity index (χ1v) is 2.09. The molecule has 0 rings (SSSR count). The monoisotopic (exact) mass is 110 g/mol. The van der Waals surface area contributed by atoms with Crippen LogP contribution in [-0.4, -0.2) is 18.0 Å². The molecule has 1 atom stereocenters. The second-order valence-electron chi connectivity index (χ2n) is 0.577. The van der Waals surface area contributed by atoms with Crippen LogP contribution in [0.25, 0.3) is 0 Å². The standard InChI is InChI=1S/C2H8N2.H3OP/c3-1-2-4;1-2/h1-4H2;1H,2H2. The van der Waals surface area contributed by atoms with E-state index in [9.17, 15) is 0 Å². The summed E-state index contributed by atoms with van der Waals surface area (Å²) < 4.78 is 0. The van der Waals surface area contributed by atoms with Crippen LogP contribution >= 0.6 is 9.47 Å². The fourth-order valence-electron chi connectivity index (χ4n) is 0. The molecule has 0 saturated heterocycles. The van der Waals surface area contributed by atoms with E-state index in [1.54, 1.807) is 0 Å². The number of rotatable bonds is 1. The van der Waals surface area contributed by atoms with Crippen LogP contribution in [0.15, 0.2) is 0 Å². The molecule has 0 aliphatic carbocycles. The van der Waals surface area contributed by atoms with Gasteiger partial charge < -0.3 is 16.4 Å². The van der Waals surface area contributed by atoms with Gasteiger partial charge in [0.15, 0.2) is 0 Å². The van der Waals surface area contributed by atoms with Gasteiger partial charge in [0.05, 0.1) is 0 Å². The molecule has 0 fully saturated rings. The fourth-order valence-corrected chi connectivity index (χ4v) is 0. The van der Waals surface area contributed by atoms with Gasteiger partial charge in [-0.3, -0.25) is 0 Å². The average Bonchev–Trinajstić information content (AvgIpc) is 1.72. The minimum absolute atomic E-state index is 0.597. The molecule has 0 aromatic rings. The summed E-state index contributed by atoms with van der Waals surface area (Å²) >= 11 is 0. The van der Waals surface area contributed by atoms with Gasteiger partial charge in [0.25, 0.3) is 0 Å². The van der Waals surface area contributed by atoms with Crippen LogP contribution in [0.5, 0.6) is 0 Å². The molecule has 6 heavy (non-hydrogen) atoms. The lowest BCUT2D eigenvalue weighted by Gasteiger charge is -1.72. The molecule has 40 valence electrons. The van der Waals surface area contributed by atoms with Crippen LogP contribution in [0.4, 0.5) is 0 Å². The van der Waals surface area contributed by atoms with Gasteiger partial charge in [-0.25, -0.2) is 0 Å². The topological polar surface area (TPSA) is 72.3 Å². The first-order chi connectivity index (χ1) is 2.91. The Morgan fingerprint density at radius 2 is 1.33 bits per heavy atom. The lowest BCUT2D eigenvalue weighted by atomic mass is 10.7. The van der Waals surface area contributed by atoms with Gasteiger partial charge in [-0.15, -0.1) is 0 Å². The van der Waals surface area contributed by atoms with Crippen molar-refractivity contribution >= 4 is 9.47 Å². The van der Waals surface area contributed by atoms with Crippen molar-refractivity contribution in [1.82, 2.24) is 0 Å². The quantitative estimate of drug-likeness (QED) is 0.366. The maximum absolute atomic E-state index is 6.92. The van der Waals surface area contributed by atoms with E-state index >= 15 is 0 Å². The molecule has 0 heterocycles. The van der Waals surface area contributed by atoms with Crippen LogP contribution in [0, 0.1) is 0 Å². The molecule has 0 aromatic heterocycles. The highest BCUT2D eigenvalue weighted by atomic mass is 31.0. The van der Waals surface area contributed by atoms with Crippen molar-refractivity contribution in [2.24, 2.45) is 11.5 Å². The van der Waals surface area contributed by atoms with Crippen LogP contribution < -0.4 is 11.5 Å². The molecule has 0 amide bonds. The van der Waals surface area contributed by atoms with E-state index in [0.29, 0.717) is 13.1 Å². The summed E-state index contributed by atoms with van der Waals surface area (Å²) in [6.07, 6.45) is 0. The number of hydrogen-bond acceptors (Lipinski definition) is 3. The molecule has 0 radical (unpaired) electrons. The van der Waals surface area contributed by atoms with Crippen molar-refractivity contribution in [1.29, 1.82) is 0 Å². The van der Waals surface area contributed by atoms with E-state index in [2.05, 4.69) is 0 Å². The van der Waals surface area contributed by atoms with E-state index in [1.807, 2.05) is 0 Å². The Kier molecular flexibility index (Phi) is 29.5. The normalized spacial score (nSPS) is 6.00. The molecule has 0 saturated carbocycles. The highest BCUT2D eigenvalue weighted by Gasteiger charge is 1.54. The first-order valence-electron chi connectivity index (χ1n) is 1.57. The summed E-state index contributed by atoms with van der Waals surface area (Å²) in [6, 6.07) is 0. The van der Waals surface area contributed by atoms with Crippen LogP contribution in [-0.2, 0) is 0 Å². The van der Waals surface area contributed by atoms with Crippen molar-refractivity contribution in [2.45, 2.75) is 0 Å². The second kappa shape index (κ2) is 18.5. The SMILES string of the molecule is NCCN.OP. The highest BCUT2D eigenvalue weighted by molar-refractivity contribution is 7.08. The molecule has 5 N–H and O–H groups in total. The Balaban J connectivity index is 0. The number of hydrogen-bond donors (Lipinski definition) is 3. The Bertz CT molecular complexity index is 13.5. The summed E-state index contributed by atoms with van der Waals surface area (Å²) in [5.41, 5.74) is 9.81. The van der Waals surface area contributed by atoms with Crippen LogP contribution in [0.1, 0.15) is 0 Å². The van der Waals surface area contributed by atoms with E-state index in [-0.39, 0.29) is 0 Å². The zero-order valence-electron chi connectivity index (χ0n) is 3.59. The maximum Gasteiger partial charge on any atom is 0.00461 e. The zero-order valence-corrected chi connectivity index (χ0v) is 4.75. The van der Waals surface area contributed by atoms with E-state index in [1.165, 1.54) is 9.47 Å². The highest BCUT2D eigenvalue weighted by Crippen LogP contribution is 1.44. The molecule has 1 unspecified atom stereocenters. The smallest absolute Gasteiger partial charge is 0.00461 e. The summed E-state index contributed by atoms with van der Waals surface area (Å²) in [5, 5.41) is 0. The van der Waals surface area contributed by atoms with Gasteiger partial charge in [0, 0.05) is 13.1 Å². The van der Waals surface area contributed by atoms with Crippen LogP contribution in [0.2, 0.25) is 0 Å². The van der Waals surface area contributed by atoms with Gasteiger partial charge in [0.1, 0.15) is 0 Å². The molecule has 0 aliphatic rings. The molecule has 0 aromatic carbocycles. The van der Waals surface area contributed by atoms with Crippen LogP contribution in [0.3, 0.4) is 0 Å². The predicted molar refractivity (Wildman–Crippen MR) is 30.0 cm³/mol. The third-order valence-corrected chi connectivity index (χ3v) is 0.167. The molecule has 3 nitrogen and oxygen atoms in total. The summed E-state index contributed by atoms with van der Waals surface area (Å²) in [7, 11) is 1.42. The third kappa shape index (κ3) is 27.5. The van der Waals surface area contributed by atoms with Crippen molar-refractivity contribution in [2.75, 3.05) is 13.1 Å². The molecule has 0 spiro atoms. The molecule has 0 aliphatic heterocycles. The van der Waals surface area contributed by atoms with Crippen molar-refractivity contribution in [3.63, 3.8) is 0 Å². The first kappa shape index (κ1) is 9.58. The minimum atomic E-state index is 0.597. The van der Waals surface area contributed by atoms with Gasteiger partial charge in [-0.05, 0) is 9.47 Å². The summed E-state index contributed by atoms with van der Waals surface area (Å²) in [5.74, 6) is 0. The van der Waals surface area contributed by atoms with Gasteiger partial charge in [-0.2, -0.15) is 0 Å². The molecule has 4 heteroatoms. The van der Waals surface area contributed by atoms with Crippen molar-refractivity contribution in [3.8, 4) is 0 Å². The number of nitrogens with two attached hydrogens (primary N) is 2. The Hall–Kier alpha value is 0.310. The minimum Gasteiger partial charge on any atom is -0.380 e. The summed E-state index contributed by atoms with van der Waals surface area (Å²) in [6.45, 7) is 1.19.